The second kappa shape index (κ2) is 10.1. The molecule has 1 aliphatic rings. The van der Waals surface area contributed by atoms with Crippen molar-refractivity contribution in [3.05, 3.63) is 144 Å². The first-order chi connectivity index (χ1) is 18.6. The SMILES string of the molecule is COC(=O)C1=C(C(=O)OC)P(c2ccccc2)(c2ccccc2)(c2ccccc2)C=C(c2ccccc2)O1. The van der Waals surface area contributed by atoms with Gasteiger partial charge in [-0.2, -0.15) is 0 Å². The van der Waals surface area contributed by atoms with Crippen LogP contribution in [0.2, 0.25) is 0 Å². The summed E-state index contributed by atoms with van der Waals surface area (Å²) in [6.45, 7) is -4.19. The van der Waals surface area contributed by atoms with Gasteiger partial charge in [-0.25, -0.2) is 0 Å². The van der Waals surface area contributed by atoms with Gasteiger partial charge in [-0.15, -0.1) is 0 Å². The Morgan fingerprint density at radius 1 is 0.579 bits per heavy atom. The summed E-state index contributed by atoms with van der Waals surface area (Å²) in [6, 6.07) is 39.0. The normalized spacial score (nSPS) is 16.7. The van der Waals surface area contributed by atoms with Gasteiger partial charge in [0.15, 0.2) is 0 Å². The Morgan fingerprint density at radius 2 is 0.974 bits per heavy atom. The van der Waals surface area contributed by atoms with Gasteiger partial charge in [0.2, 0.25) is 0 Å². The molecule has 0 spiro atoms. The molecule has 0 N–H and O–H groups in total. The number of esters is 2. The molecule has 0 aromatic heterocycles. The monoisotopic (exact) mass is 522 g/mol. The summed E-state index contributed by atoms with van der Waals surface area (Å²) < 4.78 is 16.9. The molecule has 38 heavy (non-hydrogen) atoms. The molecule has 0 saturated heterocycles. The molecule has 0 amide bonds. The molecule has 0 aliphatic carbocycles. The van der Waals surface area contributed by atoms with E-state index in [4.69, 9.17) is 14.2 Å². The fraction of sp³-hybridized carbons (Fsp3) is 0.0625. The van der Waals surface area contributed by atoms with Gasteiger partial charge in [-0.05, 0) is 0 Å². The van der Waals surface area contributed by atoms with E-state index >= 15 is 0 Å². The number of hydrogen-bond donors (Lipinski definition) is 0. The fourth-order valence-corrected chi connectivity index (χ4v) is 11.6. The fourth-order valence-electron chi connectivity index (χ4n) is 5.31. The summed E-state index contributed by atoms with van der Waals surface area (Å²) in [4.78, 5) is 27.5. The van der Waals surface area contributed by atoms with Crippen molar-refractivity contribution in [1.82, 2.24) is 0 Å². The van der Waals surface area contributed by atoms with Gasteiger partial charge in [0.05, 0.1) is 0 Å². The third-order valence-electron chi connectivity index (χ3n) is 6.95. The number of rotatable bonds is 6. The molecule has 0 radical (unpaired) electrons. The Bertz CT molecular complexity index is 1430. The van der Waals surface area contributed by atoms with Crippen LogP contribution in [0.5, 0.6) is 0 Å². The number of carbonyl (C=O) groups is 2. The molecule has 6 heteroatoms. The maximum absolute atomic E-state index is 14.0. The second-order valence-electron chi connectivity index (χ2n) is 8.82. The van der Waals surface area contributed by atoms with Crippen LogP contribution >= 0.6 is 6.60 Å². The predicted octanol–water partition coefficient (Wildman–Crippen LogP) is 5.10. The van der Waals surface area contributed by atoms with E-state index in [1.807, 2.05) is 121 Å². The third-order valence-corrected chi connectivity index (χ3v) is 13.1. The molecule has 0 atom stereocenters. The Balaban J connectivity index is 2.13. The Kier molecular flexibility index (Phi) is 6.71. The van der Waals surface area contributed by atoms with E-state index in [0.717, 1.165) is 21.5 Å². The van der Waals surface area contributed by atoms with Crippen LogP contribution in [0.1, 0.15) is 5.56 Å². The average molecular weight is 523 g/mol. The van der Waals surface area contributed by atoms with Crippen molar-refractivity contribution in [2.24, 2.45) is 0 Å². The molecule has 5 nitrogen and oxygen atoms in total. The maximum atomic E-state index is 14.0. The Morgan fingerprint density at radius 3 is 1.37 bits per heavy atom. The van der Waals surface area contributed by atoms with E-state index in [2.05, 4.69) is 5.82 Å². The minimum atomic E-state index is -4.19. The summed E-state index contributed by atoms with van der Waals surface area (Å²) in [5.41, 5.74) is 0.759. The van der Waals surface area contributed by atoms with Crippen LogP contribution in [-0.2, 0) is 23.8 Å². The van der Waals surface area contributed by atoms with Crippen molar-refractivity contribution >= 4 is 40.2 Å². The molecule has 4 aromatic rings. The second-order valence-corrected chi connectivity index (χ2v) is 13.4. The first-order valence-corrected chi connectivity index (χ1v) is 14.4. The van der Waals surface area contributed by atoms with Gasteiger partial charge in [0, 0.05) is 0 Å². The van der Waals surface area contributed by atoms with Gasteiger partial charge in [0.1, 0.15) is 0 Å². The molecule has 4 aromatic carbocycles. The first-order valence-electron chi connectivity index (χ1n) is 12.1. The van der Waals surface area contributed by atoms with E-state index in [9.17, 15) is 9.59 Å². The van der Waals surface area contributed by atoms with Gasteiger partial charge < -0.3 is 0 Å². The van der Waals surface area contributed by atoms with Crippen molar-refractivity contribution in [3.63, 3.8) is 0 Å². The molecule has 1 aliphatic heterocycles. The standard InChI is InChI=1S/C32H27O5P/c1-35-31(33)29-30(32(34)36-2)38(25-17-9-4-10-18-25,26-19-11-5-12-20-26,27-21-13-6-14-22-27)23-28(37-29)24-15-7-3-8-16-24/h3-23H,1-2H3. The summed E-state index contributed by atoms with van der Waals surface area (Å²) in [5, 5.41) is 2.70. The van der Waals surface area contributed by atoms with E-state index in [1.165, 1.54) is 14.2 Å². The molecule has 0 saturated carbocycles. The summed E-state index contributed by atoms with van der Waals surface area (Å²) in [5.74, 6) is 0.897. The molecule has 0 unspecified atom stereocenters. The van der Waals surface area contributed by atoms with Gasteiger partial charge in [-0.1, -0.05) is 0 Å². The van der Waals surface area contributed by atoms with E-state index in [-0.39, 0.29) is 11.1 Å². The van der Waals surface area contributed by atoms with Crippen molar-refractivity contribution in [3.8, 4) is 0 Å². The van der Waals surface area contributed by atoms with Crippen molar-refractivity contribution in [2.45, 2.75) is 0 Å². The van der Waals surface area contributed by atoms with E-state index < -0.39 is 18.5 Å². The molecular formula is C32H27O5P. The zero-order valence-electron chi connectivity index (χ0n) is 21.1. The number of methoxy groups -OCH3 is 2. The number of benzene rings is 4. The summed E-state index contributed by atoms with van der Waals surface area (Å²) >= 11 is 0. The Hall–Kier alpha value is -4.47. The number of hydrogen-bond acceptors (Lipinski definition) is 5. The summed E-state index contributed by atoms with van der Waals surface area (Å²) in [7, 11) is 2.59. The average Bonchev–Trinajstić information content (AvgIpc) is 3.01. The van der Waals surface area contributed by atoms with Gasteiger partial charge in [0.25, 0.3) is 0 Å². The van der Waals surface area contributed by atoms with Crippen molar-refractivity contribution in [1.29, 1.82) is 0 Å². The van der Waals surface area contributed by atoms with Crippen LogP contribution in [0.4, 0.5) is 0 Å². The quantitative estimate of drug-likeness (QED) is 0.260. The van der Waals surface area contributed by atoms with Crippen LogP contribution in [0.3, 0.4) is 0 Å². The Labute approximate surface area is 221 Å². The van der Waals surface area contributed by atoms with Gasteiger partial charge in [-0.3, -0.25) is 0 Å². The molecule has 190 valence electrons. The van der Waals surface area contributed by atoms with E-state index in [1.54, 1.807) is 0 Å². The molecule has 1 heterocycles. The molecule has 0 fully saturated rings. The summed E-state index contributed by atoms with van der Waals surface area (Å²) in [6.07, 6.45) is 0. The first kappa shape index (κ1) is 25.2. The van der Waals surface area contributed by atoms with Crippen molar-refractivity contribution < 1.29 is 23.8 Å². The molecule has 5 rings (SSSR count). The number of ether oxygens (including phenoxy) is 3. The topological polar surface area (TPSA) is 61.8 Å². The zero-order chi connectivity index (χ0) is 26.6. The van der Waals surface area contributed by atoms with Gasteiger partial charge >= 0.3 is 222 Å². The van der Waals surface area contributed by atoms with Crippen LogP contribution in [0.25, 0.3) is 5.76 Å². The van der Waals surface area contributed by atoms with E-state index in [0.29, 0.717) is 5.76 Å². The third kappa shape index (κ3) is 3.67. The van der Waals surface area contributed by atoms with Crippen LogP contribution in [-0.4, -0.2) is 26.2 Å². The van der Waals surface area contributed by atoms with Crippen LogP contribution in [0.15, 0.2) is 138 Å². The van der Waals surface area contributed by atoms with Crippen LogP contribution < -0.4 is 15.9 Å². The zero-order valence-corrected chi connectivity index (χ0v) is 22.0. The minimum absolute atomic E-state index is 0.133. The number of carbonyl (C=O) groups excluding carboxylic acids is 2. The molecule has 0 bridgehead atoms. The van der Waals surface area contributed by atoms with Crippen LogP contribution in [0, 0.1) is 0 Å². The molecular weight excluding hydrogens is 495 g/mol. The predicted molar refractivity (Wildman–Crippen MR) is 152 cm³/mol. The van der Waals surface area contributed by atoms with Crippen molar-refractivity contribution in [2.75, 3.05) is 14.2 Å².